The SMILES string of the molecule is CCCCO[C@@](/C=C/C(N)=O)(CO)[C@@H](C)Oc1ccc([C@@H]2NC(=O)[C@@H]([C@@H](C)CC)NC(=O)[C@@H](NC(=O)[C@H](C)[C@H](O)C(C)C)[C@@H](C)OC(=O)[C@H](COC(=O)CC)NC(=O)[C@@H]([C@@H](C)O)NC(=O)[C@H](Cc3ccccc3)N(C)C2=O)cc1. The van der Waals surface area contributed by atoms with E-state index in [-0.39, 0.29) is 37.2 Å². The fraction of sp³-hybridized carbons (Fsp3) is 0.589. The van der Waals surface area contributed by atoms with Crippen LogP contribution in [0.3, 0.4) is 0 Å². The first-order valence-electron chi connectivity index (χ1n) is 26.8. The van der Waals surface area contributed by atoms with Crippen LogP contribution >= 0.6 is 0 Å². The second kappa shape index (κ2) is 31.6. The van der Waals surface area contributed by atoms with Crippen molar-refractivity contribution in [2.45, 2.75) is 168 Å². The Morgan fingerprint density at radius 1 is 0.848 bits per heavy atom. The van der Waals surface area contributed by atoms with Crippen LogP contribution in [0.2, 0.25) is 0 Å². The molecule has 0 spiro atoms. The average Bonchev–Trinajstić information content (AvgIpc) is 3.45. The number of aliphatic hydroxyl groups is 3. The smallest absolute Gasteiger partial charge is 0.332 e. The highest BCUT2D eigenvalue weighted by Crippen LogP contribution is 2.28. The maximum Gasteiger partial charge on any atom is 0.332 e. The van der Waals surface area contributed by atoms with Crippen LogP contribution in [0.5, 0.6) is 5.75 Å². The largest absolute Gasteiger partial charge is 0.487 e. The van der Waals surface area contributed by atoms with Crippen LogP contribution in [0.25, 0.3) is 0 Å². The van der Waals surface area contributed by atoms with Gasteiger partial charge in [-0.3, -0.25) is 38.4 Å². The number of benzene rings is 2. The van der Waals surface area contributed by atoms with Crippen molar-refractivity contribution in [3.8, 4) is 5.75 Å². The number of amides is 7. The molecule has 10 N–H and O–H groups in total. The molecule has 0 unspecified atom stereocenters. The summed E-state index contributed by atoms with van der Waals surface area (Å²) in [4.78, 5) is 127. The Labute approximate surface area is 462 Å². The number of aliphatic hydroxyl groups excluding tert-OH is 3. The molecule has 1 aliphatic rings. The Bertz CT molecular complexity index is 2410. The van der Waals surface area contributed by atoms with Crippen molar-refractivity contribution >= 4 is 53.3 Å². The van der Waals surface area contributed by atoms with E-state index in [1.54, 1.807) is 65.0 Å². The van der Waals surface area contributed by atoms with Crippen molar-refractivity contribution in [1.82, 2.24) is 31.5 Å². The van der Waals surface area contributed by atoms with Gasteiger partial charge in [-0.15, -0.1) is 0 Å². The second-order valence-corrected chi connectivity index (χ2v) is 20.3. The molecule has 0 saturated carbocycles. The number of nitrogens with two attached hydrogens (primary N) is 1. The Kier molecular flexibility index (Phi) is 26.5. The molecule has 13 atom stereocenters. The number of carbonyl (C=O) groups excluding carboxylic acids is 9. The average molecular weight is 1110 g/mol. The van der Waals surface area contributed by atoms with E-state index < -0.39 is 151 Å². The number of nitrogens with one attached hydrogen (secondary N) is 5. The van der Waals surface area contributed by atoms with Gasteiger partial charge in [-0.25, -0.2) is 4.79 Å². The number of primary amides is 1. The summed E-state index contributed by atoms with van der Waals surface area (Å²) >= 11 is 0. The predicted octanol–water partition coefficient (Wildman–Crippen LogP) is 1.19. The first-order valence-corrected chi connectivity index (χ1v) is 26.8. The van der Waals surface area contributed by atoms with Gasteiger partial charge in [0.15, 0.2) is 6.04 Å². The highest BCUT2D eigenvalue weighted by atomic mass is 16.6. The molecule has 79 heavy (non-hydrogen) atoms. The molecule has 438 valence electrons. The Hall–Kier alpha value is -6.95. The van der Waals surface area contributed by atoms with Crippen LogP contribution in [0.15, 0.2) is 66.7 Å². The van der Waals surface area contributed by atoms with Crippen LogP contribution < -0.4 is 37.1 Å². The van der Waals surface area contributed by atoms with Crippen molar-refractivity contribution in [3.05, 3.63) is 77.9 Å². The predicted molar refractivity (Wildman–Crippen MR) is 289 cm³/mol. The number of hydrogen-bond acceptors (Lipinski definition) is 16. The fourth-order valence-electron chi connectivity index (χ4n) is 8.37. The molecular formula is C56H83N7O16. The van der Waals surface area contributed by atoms with Crippen molar-refractivity contribution < 1.29 is 77.4 Å². The number of nitrogens with zero attached hydrogens (tertiary/aromatic N) is 1. The highest BCUT2D eigenvalue weighted by Gasteiger charge is 2.42. The van der Waals surface area contributed by atoms with E-state index in [0.29, 0.717) is 12.0 Å². The zero-order valence-corrected chi connectivity index (χ0v) is 47.2. The zero-order chi connectivity index (χ0) is 59.3. The summed E-state index contributed by atoms with van der Waals surface area (Å²) < 4.78 is 23.3. The van der Waals surface area contributed by atoms with Gasteiger partial charge in [0.1, 0.15) is 60.4 Å². The third-order valence-corrected chi connectivity index (χ3v) is 13.9. The van der Waals surface area contributed by atoms with Crippen LogP contribution in [0.1, 0.15) is 112 Å². The second-order valence-electron chi connectivity index (χ2n) is 20.3. The van der Waals surface area contributed by atoms with Gasteiger partial charge in [0.2, 0.25) is 41.4 Å². The number of cyclic esters (lactones) is 1. The molecule has 1 saturated heterocycles. The maximum absolute atomic E-state index is 15.3. The summed E-state index contributed by atoms with van der Waals surface area (Å²) in [5.41, 5.74) is 4.58. The van der Waals surface area contributed by atoms with Crippen molar-refractivity contribution in [3.63, 3.8) is 0 Å². The molecule has 2 aromatic rings. The molecule has 0 radical (unpaired) electrons. The summed E-state index contributed by atoms with van der Waals surface area (Å²) in [6, 6.07) is 4.39. The number of likely N-dealkylation sites (N-methyl/N-ethyl adjacent to an activating group) is 1. The summed E-state index contributed by atoms with van der Waals surface area (Å²) in [5.74, 6) is -10.6. The van der Waals surface area contributed by atoms with Crippen LogP contribution in [0.4, 0.5) is 0 Å². The van der Waals surface area contributed by atoms with Crippen molar-refractivity contribution in [1.29, 1.82) is 0 Å². The maximum atomic E-state index is 15.3. The molecule has 0 aromatic heterocycles. The van der Waals surface area contributed by atoms with E-state index in [1.807, 2.05) is 6.92 Å². The summed E-state index contributed by atoms with van der Waals surface area (Å²) in [5, 5.41) is 45.4. The van der Waals surface area contributed by atoms with Crippen LogP contribution in [-0.2, 0) is 63.8 Å². The number of carbonyl (C=O) groups is 9. The van der Waals surface area contributed by atoms with Gasteiger partial charge >= 0.3 is 11.9 Å². The van der Waals surface area contributed by atoms with Gasteiger partial charge in [-0.1, -0.05) is 104 Å². The van der Waals surface area contributed by atoms with Gasteiger partial charge in [0.05, 0.1) is 24.7 Å². The number of ether oxygens (including phenoxy) is 4. The number of hydrogen-bond donors (Lipinski definition) is 9. The minimum atomic E-state index is -1.83. The molecule has 1 fully saturated rings. The summed E-state index contributed by atoms with van der Waals surface area (Å²) in [7, 11) is 1.30. The summed E-state index contributed by atoms with van der Waals surface area (Å²) in [6.07, 6.45) is -1.64. The molecule has 1 aliphatic heterocycles. The van der Waals surface area contributed by atoms with E-state index in [9.17, 15) is 53.7 Å². The van der Waals surface area contributed by atoms with E-state index in [1.165, 1.54) is 65.1 Å². The minimum absolute atomic E-state index is 0.132. The highest BCUT2D eigenvalue weighted by molar-refractivity contribution is 5.98. The van der Waals surface area contributed by atoms with Crippen molar-refractivity contribution in [2.24, 2.45) is 23.5 Å². The summed E-state index contributed by atoms with van der Waals surface area (Å²) in [6.45, 7) is 14.4. The van der Waals surface area contributed by atoms with Gasteiger partial charge in [-0.05, 0) is 68.4 Å². The zero-order valence-electron chi connectivity index (χ0n) is 47.2. The van der Waals surface area contributed by atoms with E-state index >= 15 is 4.79 Å². The Morgan fingerprint density at radius 3 is 2.03 bits per heavy atom. The molecule has 0 bridgehead atoms. The van der Waals surface area contributed by atoms with Gasteiger partial charge in [0.25, 0.3) is 0 Å². The first-order chi connectivity index (χ1) is 37.2. The van der Waals surface area contributed by atoms with E-state index in [2.05, 4.69) is 26.6 Å². The lowest BCUT2D eigenvalue weighted by Gasteiger charge is -2.35. The molecule has 23 heteroatoms. The van der Waals surface area contributed by atoms with Gasteiger partial charge < -0.3 is 71.5 Å². The van der Waals surface area contributed by atoms with Gasteiger partial charge in [-0.2, -0.15) is 0 Å². The Morgan fingerprint density at radius 2 is 1.47 bits per heavy atom. The van der Waals surface area contributed by atoms with Gasteiger partial charge in [0, 0.05) is 32.6 Å². The minimum Gasteiger partial charge on any atom is -0.487 e. The lowest BCUT2D eigenvalue weighted by Crippen LogP contribution is -2.61. The molecule has 7 amide bonds. The van der Waals surface area contributed by atoms with E-state index in [4.69, 9.17) is 24.7 Å². The quantitative estimate of drug-likeness (QED) is 0.0429. The normalized spacial score (nSPS) is 23.9. The molecule has 3 rings (SSSR count). The van der Waals surface area contributed by atoms with Crippen molar-refractivity contribution in [2.75, 3.05) is 26.9 Å². The molecule has 1 heterocycles. The van der Waals surface area contributed by atoms with Crippen LogP contribution in [0, 0.1) is 17.8 Å². The molecular weight excluding hydrogens is 1030 g/mol. The fourth-order valence-corrected chi connectivity index (χ4v) is 8.37. The Balaban J connectivity index is 2.34. The van der Waals surface area contributed by atoms with E-state index in [0.717, 1.165) is 17.4 Å². The lowest BCUT2D eigenvalue weighted by molar-refractivity contribution is -0.160. The number of unbranched alkanes of at least 4 members (excludes halogenated alkanes) is 1. The standard InChI is InChI=1S/C56H83N7O16/c1-12-15-27-77-56(30-64,26-25-42(57)66)36(10)79-39-23-21-38(22-24-39)47-54(74)63(11)41(28-37-19-17-16-18-20-37)50(70)60-45(34(8)65)52(72)58-40(29-76-43(67)14-3)55(75)78-35(9)46(61-49(69)33(7)48(68)31(4)5)53(73)59-44(32(6)13-2)51(71)62-47/h16-26,31-36,40-41,44-48,64-65,68H,12-15,27-30H2,1-11H3,(H2,57,66)(H,58,72)(H,59,73)(H,60,70)(H,61,69)(H,62,71)/b26-25+/t32-,33+,34+,35+,36+,40-,41-,44+,45+,46-,47-,48+,56-/m0/s1. The molecule has 2 aromatic carbocycles. The van der Waals surface area contributed by atoms with Crippen LogP contribution in [-0.4, -0.2) is 161 Å². The molecule has 0 aliphatic carbocycles. The molecule has 23 nitrogen and oxygen atoms in total. The third-order valence-electron chi connectivity index (χ3n) is 13.9. The number of esters is 2. The monoisotopic (exact) mass is 1110 g/mol. The number of rotatable bonds is 23. The lowest BCUT2D eigenvalue weighted by atomic mass is 9.93. The first kappa shape index (κ1) is 66.3. The topological polar surface area (TPSA) is 341 Å². The third kappa shape index (κ3) is 19.1.